The number of sulfonamides is 1. The molecule has 112 valence electrons. The number of fused-ring (bicyclic) bond motifs is 1. The van der Waals surface area contributed by atoms with Crippen molar-refractivity contribution in [3.63, 3.8) is 0 Å². The van der Waals surface area contributed by atoms with Crippen LogP contribution in [-0.2, 0) is 14.8 Å². The predicted molar refractivity (Wildman–Crippen MR) is 74.1 cm³/mol. The molecular formula is C12H16ClNO5S. The Morgan fingerprint density at radius 2 is 2.05 bits per heavy atom. The van der Waals surface area contributed by atoms with Crippen LogP contribution in [0.15, 0.2) is 23.1 Å². The summed E-state index contributed by atoms with van der Waals surface area (Å²) in [4.78, 5) is 0.114. The number of alkyl halides is 1. The van der Waals surface area contributed by atoms with E-state index in [1.807, 2.05) is 0 Å². The largest absolute Gasteiger partial charge is 0.486 e. The molecule has 0 amide bonds. The molecule has 1 aromatic carbocycles. The van der Waals surface area contributed by atoms with Gasteiger partial charge in [0.2, 0.25) is 10.0 Å². The summed E-state index contributed by atoms with van der Waals surface area (Å²) in [7, 11) is -2.13. The molecule has 1 aliphatic rings. The lowest BCUT2D eigenvalue weighted by atomic mass is 10.3. The third-order valence-electron chi connectivity index (χ3n) is 2.67. The fourth-order valence-corrected chi connectivity index (χ4v) is 3.11. The quantitative estimate of drug-likeness (QED) is 0.791. The molecule has 1 atom stereocenters. The van der Waals surface area contributed by atoms with Gasteiger partial charge in [0.1, 0.15) is 13.2 Å². The zero-order chi connectivity index (χ0) is 14.6. The standard InChI is InChI=1S/C12H16ClNO5S/c1-17-8-9(13)7-14-20(15,16)10-2-3-11-12(6-10)19-5-4-18-11/h2-3,6,9,14H,4-5,7-8H2,1H3. The highest BCUT2D eigenvalue weighted by Gasteiger charge is 2.20. The summed E-state index contributed by atoms with van der Waals surface area (Å²) >= 11 is 5.89. The van der Waals surface area contributed by atoms with Gasteiger partial charge in [-0.05, 0) is 12.1 Å². The fourth-order valence-electron chi connectivity index (χ4n) is 1.71. The lowest BCUT2D eigenvalue weighted by Crippen LogP contribution is -2.31. The molecule has 1 aromatic rings. The maximum absolute atomic E-state index is 12.1. The van der Waals surface area contributed by atoms with E-state index in [0.29, 0.717) is 24.7 Å². The third-order valence-corrected chi connectivity index (χ3v) is 4.37. The average Bonchev–Trinajstić information content (AvgIpc) is 2.45. The van der Waals surface area contributed by atoms with Crippen LogP contribution in [0.5, 0.6) is 11.5 Å². The number of methoxy groups -OCH3 is 1. The van der Waals surface area contributed by atoms with Gasteiger partial charge in [-0.2, -0.15) is 0 Å². The van der Waals surface area contributed by atoms with Gasteiger partial charge in [0.05, 0.1) is 16.9 Å². The summed E-state index contributed by atoms with van der Waals surface area (Å²) in [6, 6.07) is 4.49. The highest BCUT2D eigenvalue weighted by Crippen LogP contribution is 2.32. The van der Waals surface area contributed by atoms with Gasteiger partial charge in [-0.3, -0.25) is 0 Å². The monoisotopic (exact) mass is 321 g/mol. The first-order chi connectivity index (χ1) is 9.53. The molecule has 0 aromatic heterocycles. The molecule has 0 saturated carbocycles. The van der Waals surface area contributed by atoms with Crippen LogP contribution in [0.2, 0.25) is 0 Å². The Morgan fingerprint density at radius 3 is 2.75 bits per heavy atom. The summed E-state index contributed by atoms with van der Waals surface area (Å²) in [6.45, 7) is 1.22. The molecule has 1 aliphatic heterocycles. The van der Waals surface area contributed by atoms with Gasteiger partial charge >= 0.3 is 0 Å². The van der Waals surface area contributed by atoms with E-state index in [1.54, 1.807) is 6.07 Å². The van der Waals surface area contributed by atoms with Crippen molar-refractivity contribution < 1.29 is 22.6 Å². The molecule has 1 N–H and O–H groups in total. The molecular weight excluding hydrogens is 306 g/mol. The Labute approximate surface area is 123 Å². The first-order valence-electron chi connectivity index (χ1n) is 6.05. The highest BCUT2D eigenvalue weighted by molar-refractivity contribution is 7.89. The fraction of sp³-hybridized carbons (Fsp3) is 0.500. The number of hydrogen-bond acceptors (Lipinski definition) is 5. The van der Waals surface area contributed by atoms with Crippen LogP contribution in [0, 0.1) is 0 Å². The van der Waals surface area contributed by atoms with Gasteiger partial charge in [0.15, 0.2) is 11.5 Å². The summed E-state index contributed by atoms with van der Waals surface area (Å²) < 4.78 is 42.2. The van der Waals surface area contributed by atoms with Crippen molar-refractivity contribution in [1.29, 1.82) is 0 Å². The minimum Gasteiger partial charge on any atom is -0.486 e. The van der Waals surface area contributed by atoms with Crippen LogP contribution < -0.4 is 14.2 Å². The van der Waals surface area contributed by atoms with E-state index in [-0.39, 0.29) is 18.0 Å². The van der Waals surface area contributed by atoms with Crippen molar-refractivity contribution in [2.45, 2.75) is 10.3 Å². The first-order valence-corrected chi connectivity index (χ1v) is 7.97. The van der Waals surface area contributed by atoms with E-state index < -0.39 is 15.4 Å². The molecule has 0 saturated heterocycles. The van der Waals surface area contributed by atoms with Crippen LogP contribution in [0.1, 0.15) is 0 Å². The Hall–Kier alpha value is -1.02. The Balaban J connectivity index is 2.09. The molecule has 0 bridgehead atoms. The van der Waals surface area contributed by atoms with E-state index in [9.17, 15) is 8.42 Å². The van der Waals surface area contributed by atoms with Crippen molar-refractivity contribution in [1.82, 2.24) is 4.72 Å². The zero-order valence-corrected chi connectivity index (χ0v) is 12.5. The topological polar surface area (TPSA) is 73.9 Å². The van der Waals surface area contributed by atoms with Crippen LogP contribution in [-0.4, -0.2) is 47.3 Å². The Bertz CT molecular complexity index is 563. The number of halogens is 1. The van der Waals surface area contributed by atoms with Crippen LogP contribution in [0.4, 0.5) is 0 Å². The summed E-state index contributed by atoms with van der Waals surface area (Å²) in [5.74, 6) is 0.975. The number of nitrogens with one attached hydrogen (secondary N) is 1. The lowest BCUT2D eigenvalue weighted by molar-refractivity contribution is 0.171. The minimum atomic E-state index is -3.63. The number of rotatable bonds is 6. The second-order valence-corrected chi connectivity index (χ2v) is 6.59. The van der Waals surface area contributed by atoms with Gasteiger partial charge in [-0.25, -0.2) is 13.1 Å². The maximum atomic E-state index is 12.1. The molecule has 20 heavy (non-hydrogen) atoms. The van der Waals surface area contributed by atoms with Crippen molar-refractivity contribution in [3.8, 4) is 11.5 Å². The second kappa shape index (κ2) is 6.62. The van der Waals surface area contributed by atoms with Crippen molar-refractivity contribution in [2.24, 2.45) is 0 Å². The summed E-state index contributed by atoms with van der Waals surface area (Å²) in [5.41, 5.74) is 0. The van der Waals surface area contributed by atoms with E-state index in [0.717, 1.165) is 0 Å². The average molecular weight is 322 g/mol. The number of hydrogen-bond donors (Lipinski definition) is 1. The van der Waals surface area contributed by atoms with E-state index in [2.05, 4.69) is 4.72 Å². The Morgan fingerprint density at radius 1 is 1.35 bits per heavy atom. The molecule has 0 aliphatic carbocycles. The van der Waals surface area contributed by atoms with Crippen LogP contribution >= 0.6 is 11.6 Å². The molecule has 0 fully saturated rings. The second-order valence-electron chi connectivity index (χ2n) is 4.21. The normalized spacial score (nSPS) is 15.9. The lowest BCUT2D eigenvalue weighted by Gasteiger charge is -2.19. The van der Waals surface area contributed by atoms with Crippen LogP contribution in [0.25, 0.3) is 0 Å². The van der Waals surface area contributed by atoms with Gasteiger partial charge in [0, 0.05) is 19.7 Å². The summed E-state index contributed by atoms with van der Waals surface area (Å²) in [6.07, 6.45) is 0. The van der Waals surface area contributed by atoms with Crippen molar-refractivity contribution in [2.75, 3.05) is 33.5 Å². The zero-order valence-electron chi connectivity index (χ0n) is 11.0. The van der Waals surface area contributed by atoms with Gasteiger partial charge in [0.25, 0.3) is 0 Å². The Kier molecular flexibility index (Phi) is 5.09. The SMILES string of the molecule is COCC(Cl)CNS(=O)(=O)c1ccc2c(c1)OCCO2. The van der Waals surface area contributed by atoms with Crippen molar-refractivity contribution >= 4 is 21.6 Å². The van der Waals surface area contributed by atoms with Gasteiger partial charge in [-0.15, -0.1) is 11.6 Å². The molecule has 1 heterocycles. The molecule has 0 spiro atoms. The number of ether oxygens (including phenoxy) is 3. The molecule has 6 nitrogen and oxygen atoms in total. The van der Waals surface area contributed by atoms with Gasteiger partial charge < -0.3 is 14.2 Å². The van der Waals surface area contributed by atoms with Gasteiger partial charge in [-0.1, -0.05) is 0 Å². The predicted octanol–water partition coefficient (Wildman–Crippen LogP) is 0.990. The number of benzene rings is 1. The first kappa shape index (κ1) is 15.4. The molecule has 0 radical (unpaired) electrons. The minimum absolute atomic E-state index is 0.0895. The molecule has 2 rings (SSSR count). The molecule has 8 heteroatoms. The maximum Gasteiger partial charge on any atom is 0.240 e. The highest BCUT2D eigenvalue weighted by atomic mass is 35.5. The van der Waals surface area contributed by atoms with E-state index >= 15 is 0 Å². The van der Waals surface area contributed by atoms with E-state index in [1.165, 1.54) is 19.2 Å². The molecule has 1 unspecified atom stereocenters. The smallest absolute Gasteiger partial charge is 0.240 e. The van der Waals surface area contributed by atoms with E-state index in [4.69, 9.17) is 25.8 Å². The van der Waals surface area contributed by atoms with Crippen LogP contribution in [0.3, 0.4) is 0 Å². The summed E-state index contributed by atoms with van der Waals surface area (Å²) in [5, 5.41) is -0.424. The van der Waals surface area contributed by atoms with Crippen molar-refractivity contribution in [3.05, 3.63) is 18.2 Å². The third kappa shape index (κ3) is 3.76.